The summed E-state index contributed by atoms with van der Waals surface area (Å²) in [6.07, 6.45) is 5.10. The standard InChI is InChI=1S/C6H13NOSi/c8-6-7-4-2-1-3-5-9/h1-5H2,9H3. The number of hydrogen-bond donors (Lipinski definition) is 0. The van der Waals surface area contributed by atoms with Gasteiger partial charge in [-0.2, -0.15) is 0 Å². The van der Waals surface area contributed by atoms with Crippen LogP contribution in [0.15, 0.2) is 4.99 Å². The van der Waals surface area contributed by atoms with E-state index >= 15 is 0 Å². The molecule has 0 fully saturated rings. The monoisotopic (exact) mass is 143 g/mol. The normalized spacial score (nSPS) is 8.89. The predicted molar refractivity (Wildman–Crippen MR) is 41.6 cm³/mol. The average molecular weight is 143 g/mol. The first-order valence-electron chi connectivity index (χ1n) is 3.45. The van der Waals surface area contributed by atoms with Crippen LogP contribution in [0.5, 0.6) is 0 Å². The van der Waals surface area contributed by atoms with E-state index in [1.807, 2.05) is 0 Å². The second kappa shape index (κ2) is 7.60. The van der Waals surface area contributed by atoms with E-state index in [0.717, 1.165) is 6.42 Å². The molecule has 0 aliphatic carbocycles. The Bertz CT molecular complexity index is 99.2. The van der Waals surface area contributed by atoms with E-state index in [4.69, 9.17) is 0 Å². The van der Waals surface area contributed by atoms with Gasteiger partial charge in [-0.05, 0) is 6.42 Å². The number of isocyanates is 1. The van der Waals surface area contributed by atoms with Crippen molar-refractivity contribution in [2.45, 2.75) is 25.3 Å². The maximum atomic E-state index is 9.55. The molecule has 0 N–H and O–H groups in total. The third kappa shape index (κ3) is 7.60. The van der Waals surface area contributed by atoms with Crippen LogP contribution in [0.25, 0.3) is 0 Å². The summed E-state index contributed by atoms with van der Waals surface area (Å²) in [6, 6.07) is 1.37. The van der Waals surface area contributed by atoms with Crippen molar-refractivity contribution in [1.82, 2.24) is 0 Å². The van der Waals surface area contributed by atoms with Gasteiger partial charge in [-0.1, -0.05) is 18.9 Å². The Morgan fingerprint density at radius 2 is 2.11 bits per heavy atom. The first-order chi connectivity index (χ1) is 4.41. The molecule has 0 atom stereocenters. The molecule has 0 saturated carbocycles. The third-order valence-corrected chi connectivity index (χ3v) is 1.90. The van der Waals surface area contributed by atoms with E-state index in [0.29, 0.717) is 6.54 Å². The van der Waals surface area contributed by atoms with Crippen molar-refractivity contribution >= 4 is 16.3 Å². The number of nitrogens with zero attached hydrogens (tertiary/aromatic N) is 1. The largest absolute Gasteiger partial charge is 0.234 e. The molecule has 0 radical (unpaired) electrons. The molecule has 9 heavy (non-hydrogen) atoms. The molecular weight excluding hydrogens is 130 g/mol. The summed E-state index contributed by atoms with van der Waals surface area (Å²) in [5, 5.41) is 0. The molecule has 0 saturated heterocycles. The Morgan fingerprint density at radius 1 is 1.33 bits per heavy atom. The van der Waals surface area contributed by atoms with E-state index in [-0.39, 0.29) is 0 Å². The lowest BCUT2D eigenvalue weighted by Gasteiger charge is -1.90. The van der Waals surface area contributed by atoms with Gasteiger partial charge in [-0.15, -0.1) is 0 Å². The van der Waals surface area contributed by atoms with Gasteiger partial charge in [0.1, 0.15) is 0 Å². The fourth-order valence-electron chi connectivity index (χ4n) is 0.663. The summed E-state index contributed by atoms with van der Waals surface area (Å²) in [4.78, 5) is 13.0. The number of unbranched alkanes of at least 4 members (excludes halogenated alkanes) is 2. The molecule has 0 rings (SSSR count). The van der Waals surface area contributed by atoms with E-state index in [9.17, 15) is 4.79 Å². The Balaban J connectivity index is 2.82. The van der Waals surface area contributed by atoms with Gasteiger partial charge in [0.25, 0.3) is 0 Å². The Hall–Kier alpha value is -0.403. The quantitative estimate of drug-likeness (QED) is 0.235. The van der Waals surface area contributed by atoms with E-state index in [1.165, 1.54) is 35.2 Å². The van der Waals surface area contributed by atoms with E-state index in [2.05, 4.69) is 4.99 Å². The molecule has 0 aliphatic rings. The highest BCUT2D eigenvalue weighted by Gasteiger charge is 1.83. The summed E-state index contributed by atoms with van der Waals surface area (Å²) in [5.74, 6) is 0. The van der Waals surface area contributed by atoms with Crippen molar-refractivity contribution in [3.8, 4) is 0 Å². The maximum absolute atomic E-state index is 9.55. The van der Waals surface area contributed by atoms with Crippen LogP contribution in [0.4, 0.5) is 0 Å². The average Bonchev–Trinajstić information content (AvgIpc) is 1.89. The zero-order valence-corrected chi connectivity index (χ0v) is 7.89. The highest BCUT2D eigenvalue weighted by Crippen LogP contribution is 1.96. The maximum Gasteiger partial charge on any atom is 0.234 e. The molecule has 0 unspecified atom stereocenters. The third-order valence-electron chi connectivity index (χ3n) is 1.19. The molecular formula is C6H13NOSi. The Morgan fingerprint density at radius 3 is 2.67 bits per heavy atom. The summed E-state index contributed by atoms with van der Waals surface area (Å²) in [5.41, 5.74) is 0. The molecule has 0 spiro atoms. The van der Waals surface area contributed by atoms with Crippen molar-refractivity contribution in [3.63, 3.8) is 0 Å². The second-order valence-corrected chi connectivity index (χ2v) is 3.03. The lowest BCUT2D eigenvalue weighted by Crippen LogP contribution is -1.80. The van der Waals surface area contributed by atoms with Crippen LogP contribution in [0, 0.1) is 0 Å². The molecule has 0 aromatic carbocycles. The molecule has 0 aliphatic heterocycles. The molecule has 0 bridgehead atoms. The molecule has 0 aromatic rings. The topological polar surface area (TPSA) is 29.4 Å². The van der Waals surface area contributed by atoms with Crippen LogP contribution in [0.3, 0.4) is 0 Å². The second-order valence-electron chi connectivity index (χ2n) is 2.03. The van der Waals surface area contributed by atoms with Crippen LogP contribution in [-0.2, 0) is 4.79 Å². The van der Waals surface area contributed by atoms with Gasteiger partial charge >= 0.3 is 0 Å². The Labute approximate surface area is 58.8 Å². The van der Waals surface area contributed by atoms with Gasteiger partial charge in [0.05, 0.1) is 6.54 Å². The van der Waals surface area contributed by atoms with Crippen molar-refractivity contribution in [3.05, 3.63) is 0 Å². The first kappa shape index (κ1) is 8.60. The smallest absolute Gasteiger partial charge is 0.211 e. The van der Waals surface area contributed by atoms with Gasteiger partial charge in [-0.25, -0.2) is 9.79 Å². The van der Waals surface area contributed by atoms with E-state index in [1.54, 1.807) is 0 Å². The zero-order valence-electron chi connectivity index (χ0n) is 5.89. The lowest BCUT2D eigenvalue weighted by atomic mass is 10.2. The molecule has 0 heterocycles. The molecule has 0 aromatic heterocycles. The first-order valence-corrected chi connectivity index (χ1v) is 4.87. The molecule has 52 valence electrons. The van der Waals surface area contributed by atoms with Crippen LogP contribution in [0.2, 0.25) is 6.04 Å². The zero-order chi connectivity index (χ0) is 6.95. The van der Waals surface area contributed by atoms with Gasteiger partial charge in [0.15, 0.2) is 0 Å². The molecule has 0 amide bonds. The highest BCUT2D eigenvalue weighted by molar-refractivity contribution is 6.08. The van der Waals surface area contributed by atoms with Gasteiger partial charge < -0.3 is 0 Å². The summed E-state index contributed by atoms with van der Waals surface area (Å²) >= 11 is 0. The van der Waals surface area contributed by atoms with Crippen molar-refractivity contribution in [2.24, 2.45) is 4.99 Å². The van der Waals surface area contributed by atoms with Crippen LogP contribution in [0.1, 0.15) is 19.3 Å². The molecule has 3 heteroatoms. The van der Waals surface area contributed by atoms with Crippen LogP contribution in [-0.4, -0.2) is 22.9 Å². The van der Waals surface area contributed by atoms with Crippen molar-refractivity contribution < 1.29 is 4.79 Å². The summed E-state index contributed by atoms with van der Waals surface area (Å²) in [7, 11) is 1.30. The molecule has 2 nitrogen and oxygen atoms in total. The fourth-order valence-corrected chi connectivity index (χ4v) is 1.16. The van der Waals surface area contributed by atoms with Gasteiger partial charge in [0.2, 0.25) is 6.08 Å². The number of carbonyl (C=O) groups excluding carboxylic acids is 1. The van der Waals surface area contributed by atoms with Crippen molar-refractivity contribution in [1.29, 1.82) is 0 Å². The number of aliphatic imine (C=N–C) groups is 1. The highest BCUT2D eigenvalue weighted by atomic mass is 28.1. The van der Waals surface area contributed by atoms with E-state index < -0.39 is 0 Å². The number of rotatable bonds is 5. The minimum Gasteiger partial charge on any atom is -0.211 e. The minimum absolute atomic E-state index is 0.672. The minimum atomic E-state index is 0.672. The van der Waals surface area contributed by atoms with Crippen LogP contribution >= 0.6 is 0 Å². The lowest BCUT2D eigenvalue weighted by molar-refractivity contribution is 0.561. The summed E-state index contributed by atoms with van der Waals surface area (Å²) in [6.45, 7) is 0.672. The fraction of sp³-hybridized carbons (Fsp3) is 0.833. The van der Waals surface area contributed by atoms with Gasteiger partial charge in [-0.3, -0.25) is 0 Å². The predicted octanol–water partition coefficient (Wildman–Crippen LogP) is 0.276. The Kier molecular flexibility index (Phi) is 7.26. The SMILES string of the molecule is O=C=NCCCCC[SiH3]. The number of hydrogen-bond acceptors (Lipinski definition) is 2. The van der Waals surface area contributed by atoms with Crippen molar-refractivity contribution in [2.75, 3.05) is 6.54 Å². The van der Waals surface area contributed by atoms with Crippen LogP contribution < -0.4 is 0 Å². The van der Waals surface area contributed by atoms with Gasteiger partial charge in [0, 0.05) is 10.2 Å². The summed E-state index contributed by atoms with van der Waals surface area (Å²) < 4.78 is 0.